The lowest BCUT2D eigenvalue weighted by molar-refractivity contribution is -0.300. The summed E-state index contributed by atoms with van der Waals surface area (Å²) in [6.45, 7) is 8.95. The molecular weight excluding hydrogens is 248 g/mol. The minimum atomic E-state index is -1.19. The van der Waals surface area contributed by atoms with Gasteiger partial charge in [0.15, 0.2) is 0 Å². The molecule has 0 aromatic heterocycles. The first-order chi connectivity index (χ1) is 7.20. The summed E-state index contributed by atoms with van der Waals surface area (Å²) in [6.07, 6.45) is 0. The Morgan fingerprint density at radius 1 is 0.938 bits per heavy atom. The van der Waals surface area contributed by atoms with Crippen molar-refractivity contribution in [1.29, 1.82) is 0 Å². The average Bonchev–Trinajstić information content (AvgIpc) is 2.18. The smallest absolute Gasteiger partial charge is 0.0666 e. The number of hydrogen-bond donors (Lipinski definition) is 2. The SMILES string of the molecule is C=C(C)C(=O)[O-].C=C(C)C(=O)[O-].SCCS. The van der Waals surface area contributed by atoms with Gasteiger partial charge >= 0.3 is 0 Å². The van der Waals surface area contributed by atoms with Gasteiger partial charge in [-0.1, -0.05) is 13.2 Å². The van der Waals surface area contributed by atoms with Crippen LogP contribution in [0.1, 0.15) is 13.8 Å². The Hall–Kier alpha value is -0.880. The van der Waals surface area contributed by atoms with Gasteiger partial charge in [0.1, 0.15) is 0 Å². The fourth-order valence-electron chi connectivity index (χ4n) is 0. The normalized spacial score (nSPS) is 7.50. The van der Waals surface area contributed by atoms with E-state index in [4.69, 9.17) is 0 Å². The summed E-state index contributed by atoms with van der Waals surface area (Å²) in [6, 6.07) is 0. The van der Waals surface area contributed by atoms with Crippen LogP contribution in [0.25, 0.3) is 0 Å². The lowest BCUT2D eigenvalue weighted by Gasteiger charge is -1.93. The Bertz CT molecular complexity index is 199. The quantitative estimate of drug-likeness (QED) is 0.530. The second kappa shape index (κ2) is 14.1. The highest BCUT2D eigenvalue weighted by molar-refractivity contribution is 7.84. The Labute approximate surface area is 107 Å². The molecule has 0 atom stereocenters. The van der Waals surface area contributed by atoms with Crippen molar-refractivity contribution in [2.45, 2.75) is 13.8 Å². The van der Waals surface area contributed by atoms with Gasteiger partial charge in [0.25, 0.3) is 0 Å². The zero-order chi connectivity index (χ0) is 13.7. The highest BCUT2D eigenvalue weighted by Gasteiger charge is 1.76. The van der Waals surface area contributed by atoms with Gasteiger partial charge in [-0.15, -0.1) is 0 Å². The molecule has 0 aromatic carbocycles. The Balaban J connectivity index is -0.000000162. The molecule has 0 aromatic rings. The maximum absolute atomic E-state index is 9.49. The van der Waals surface area contributed by atoms with Gasteiger partial charge in [-0.2, -0.15) is 25.3 Å². The number of carboxylic acids is 2. The minimum absolute atomic E-state index is 0.0648. The number of carbonyl (C=O) groups is 2. The first kappa shape index (κ1) is 20.5. The van der Waals surface area contributed by atoms with E-state index in [1.165, 1.54) is 13.8 Å². The van der Waals surface area contributed by atoms with Crippen molar-refractivity contribution in [3.8, 4) is 0 Å². The van der Waals surface area contributed by atoms with Gasteiger partial charge in [0, 0.05) is 0 Å². The molecule has 0 amide bonds. The molecule has 0 spiro atoms. The van der Waals surface area contributed by atoms with Gasteiger partial charge < -0.3 is 19.8 Å². The molecule has 94 valence electrons. The lowest BCUT2D eigenvalue weighted by Crippen LogP contribution is -2.22. The maximum atomic E-state index is 9.49. The molecule has 0 aliphatic rings. The molecule has 0 aliphatic carbocycles. The number of thiol groups is 2. The summed E-state index contributed by atoms with van der Waals surface area (Å²) in [7, 11) is 0. The van der Waals surface area contributed by atoms with Crippen LogP contribution in [0.15, 0.2) is 24.3 Å². The largest absolute Gasteiger partial charge is 0.545 e. The molecule has 6 heteroatoms. The third kappa shape index (κ3) is 29.2. The molecular formula is C10H16O4S2-2. The van der Waals surface area contributed by atoms with Crippen LogP contribution in [0.5, 0.6) is 0 Å². The third-order valence-electron chi connectivity index (χ3n) is 0.797. The summed E-state index contributed by atoms with van der Waals surface area (Å²) in [5.41, 5.74) is 0.130. The van der Waals surface area contributed by atoms with Gasteiger partial charge in [-0.3, -0.25) is 0 Å². The van der Waals surface area contributed by atoms with E-state index >= 15 is 0 Å². The molecule has 0 saturated heterocycles. The predicted molar refractivity (Wildman–Crippen MR) is 67.3 cm³/mol. The highest BCUT2D eigenvalue weighted by Crippen LogP contribution is 1.77. The fraction of sp³-hybridized carbons (Fsp3) is 0.400. The number of carbonyl (C=O) groups excluding carboxylic acids is 2. The summed E-state index contributed by atoms with van der Waals surface area (Å²) in [5.74, 6) is -0.614. The average molecular weight is 264 g/mol. The van der Waals surface area contributed by atoms with Crippen LogP contribution < -0.4 is 10.2 Å². The molecule has 0 radical (unpaired) electrons. The van der Waals surface area contributed by atoms with Crippen molar-refractivity contribution in [2.75, 3.05) is 11.5 Å². The van der Waals surface area contributed by atoms with Crippen LogP contribution in [0, 0.1) is 0 Å². The summed E-state index contributed by atoms with van der Waals surface area (Å²) in [5, 5.41) is 19.0. The van der Waals surface area contributed by atoms with Crippen molar-refractivity contribution < 1.29 is 19.8 Å². The number of aliphatic carboxylic acids is 2. The Morgan fingerprint density at radius 3 is 1.06 bits per heavy atom. The number of rotatable bonds is 3. The van der Waals surface area contributed by atoms with Crippen molar-refractivity contribution in [1.82, 2.24) is 0 Å². The lowest BCUT2D eigenvalue weighted by atomic mass is 10.4. The fourth-order valence-corrected chi connectivity index (χ4v) is 0. The molecule has 16 heavy (non-hydrogen) atoms. The van der Waals surface area contributed by atoms with Crippen LogP contribution in [0.2, 0.25) is 0 Å². The molecule has 0 saturated carbocycles. The molecule has 4 nitrogen and oxygen atoms in total. The Kier molecular flexibility index (Phi) is 18.1. The topological polar surface area (TPSA) is 80.3 Å². The standard InChI is InChI=1S/2C4H6O2.C2H6S2/c2*1-3(2)4(5)6;3-1-2-4/h2*1H2,2H3,(H,5,6);3-4H,1-2H2/p-2. The van der Waals surface area contributed by atoms with Crippen molar-refractivity contribution in [3.05, 3.63) is 24.3 Å². The second-order valence-corrected chi connectivity index (χ2v) is 3.48. The summed E-state index contributed by atoms with van der Waals surface area (Å²) < 4.78 is 0. The second-order valence-electron chi connectivity index (χ2n) is 2.58. The molecule has 0 heterocycles. The van der Waals surface area contributed by atoms with E-state index in [2.05, 4.69) is 38.4 Å². The monoisotopic (exact) mass is 264 g/mol. The van der Waals surface area contributed by atoms with Gasteiger partial charge in [0.05, 0.1) is 11.9 Å². The van der Waals surface area contributed by atoms with E-state index in [0.717, 1.165) is 11.5 Å². The van der Waals surface area contributed by atoms with Gasteiger partial charge in [-0.25, -0.2) is 0 Å². The van der Waals surface area contributed by atoms with E-state index in [0.29, 0.717) is 0 Å². The van der Waals surface area contributed by atoms with E-state index < -0.39 is 11.9 Å². The van der Waals surface area contributed by atoms with E-state index in [-0.39, 0.29) is 11.1 Å². The molecule has 0 bridgehead atoms. The van der Waals surface area contributed by atoms with Crippen LogP contribution >= 0.6 is 25.3 Å². The molecule has 0 N–H and O–H groups in total. The predicted octanol–water partition coefficient (Wildman–Crippen LogP) is -0.529. The number of carboxylic acid groups (broad SMARTS) is 2. The molecule has 0 aliphatic heterocycles. The molecule has 0 fully saturated rings. The Morgan fingerprint density at radius 2 is 1.06 bits per heavy atom. The van der Waals surface area contributed by atoms with Crippen LogP contribution in [0.4, 0.5) is 0 Å². The van der Waals surface area contributed by atoms with Gasteiger partial charge in [0.2, 0.25) is 0 Å². The number of hydrogen-bond acceptors (Lipinski definition) is 6. The van der Waals surface area contributed by atoms with Crippen LogP contribution in [0.3, 0.4) is 0 Å². The van der Waals surface area contributed by atoms with Crippen molar-refractivity contribution >= 4 is 37.2 Å². The van der Waals surface area contributed by atoms with Crippen molar-refractivity contribution in [2.24, 2.45) is 0 Å². The van der Waals surface area contributed by atoms with Crippen LogP contribution in [-0.2, 0) is 9.59 Å². The van der Waals surface area contributed by atoms with E-state index in [1.807, 2.05) is 0 Å². The minimum Gasteiger partial charge on any atom is -0.545 e. The summed E-state index contributed by atoms with van der Waals surface area (Å²) in [4.78, 5) is 19.0. The van der Waals surface area contributed by atoms with Crippen molar-refractivity contribution in [3.63, 3.8) is 0 Å². The maximum Gasteiger partial charge on any atom is 0.0666 e. The zero-order valence-electron chi connectivity index (χ0n) is 9.36. The van der Waals surface area contributed by atoms with Gasteiger partial charge in [-0.05, 0) is 36.5 Å². The van der Waals surface area contributed by atoms with E-state index in [9.17, 15) is 19.8 Å². The zero-order valence-corrected chi connectivity index (χ0v) is 11.1. The third-order valence-corrected chi connectivity index (χ3v) is 1.60. The first-order valence-corrected chi connectivity index (χ1v) is 5.42. The van der Waals surface area contributed by atoms with Crippen LogP contribution in [-0.4, -0.2) is 23.4 Å². The molecule has 0 rings (SSSR count). The van der Waals surface area contributed by atoms with E-state index in [1.54, 1.807) is 0 Å². The molecule has 0 unspecified atom stereocenters. The first-order valence-electron chi connectivity index (χ1n) is 4.16. The highest BCUT2D eigenvalue weighted by atomic mass is 32.1. The summed E-state index contributed by atoms with van der Waals surface area (Å²) >= 11 is 7.69.